The standard InChI is InChI=1S/C12H14FN3O/c1-2-9(7-15)12(17)16-11-4-3-8(6-14)5-10(11)13/h3-5,9H,2,7,15H2,1H3,(H,16,17). The first-order chi connectivity index (χ1) is 8.12. The Morgan fingerprint density at radius 1 is 1.65 bits per heavy atom. The van der Waals surface area contributed by atoms with Crippen LogP contribution in [0, 0.1) is 23.1 Å². The lowest BCUT2D eigenvalue weighted by atomic mass is 10.1. The molecule has 0 saturated heterocycles. The predicted molar refractivity (Wildman–Crippen MR) is 62.6 cm³/mol. The molecule has 4 nitrogen and oxygen atoms in total. The Morgan fingerprint density at radius 2 is 2.35 bits per heavy atom. The number of carbonyl (C=O) groups excluding carboxylic acids is 1. The van der Waals surface area contributed by atoms with Crippen LogP contribution < -0.4 is 11.1 Å². The fourth-order valence-corrected chi connectivity index (χ4v) is 1.38. The van der Waals surface area contributed by atoms with E-state index in [1.54, 1.807) is 0 Å². The summed E-state index contributed by atoms with van der Waals surface area (Å²) < 4.78 is 13.5. The summed E-state index contributed by atoms with van der Waals surface area (Å²) in [4.78, 5) is 11.7. The van der Waals surface area contributed by atoms with Crippen molar-refractivity contribution in [3.05, 3.63) is 29.6 Å². The molecule has 0 aromatic heterocycles. The number of anilines is 1. The van der Waals surface area contributed by atoms with Gasteiger partial charge in [-0.2, -0.15) is 5.26 Å². The van der Waals surface area contributed by atoms with E-state index in [1.165, 1.54) is 12.1 Å². The summed E-state index contributed by atoms with van der Waals surface area (Å²) in [5.41, 5.74) is 5.71. The van der Waals surface area contributed by atoms with Crippen molar-refractivity contribution in [2.24, 2.45) is 11.7 Å². The van der Waals surface area contributed by atoms with Crippen molar-refractivity contribution in [1.29, 1.82) is 5.26 Å². The third-order valence-electron chi connectivity index (χ3n) is 2.50. The van der Waals surface area contributed by atoms with Gasteiger partial charge in [-0.15, -0.1) is 0 Å². The van der Waals surface area contributed by atoms with Gasteiger partial charge >= 0.3 is 0 Å². The third-order valence-corrected chi connectivity index (χ3v) is 2.50. The van der Waals surface area contributed by atoms with E-state index < -0.39 is 5.82 Å². The lowest BCUT2D eigenvalue weighted by Crippen LogP contribution is -2.28. The molecular formula is C12H14FN3O. The van der Waals surface area contributed by atoms with Gasteiger partial charge in [0, 0.05) is 6.54 Å². The molecule has 1 aromatic carbocycles. The van der Waals surface area contributed by atoms with Gasteiger partial charge in [0.25, 0.3) is 0 Å². The number of nitrogens with one attached hydrogen (secondary N) is 1. The first kappa shape index (κ1) is 13.1. The number of hydrogen-bond donors (Lipinski definition) is 2. The van der Waals surface area contributed by atoms with Crippen molar-refractivity contribution >= 4 is 11.6 Å². The van der Waals surface area contributed by atoms with E-state index in [9.17, 15) is 9.18 Å². The maximum atomic E-state index is 13.5. The molecule has 90 valence electrons. The Bertz CT molecular complexity index is 450. The highest BCUT2D eigenvalue weighted by Gasteiger charge is 2.16. The molecule has 1 rings (SSSR count). The number of benzene rings is 1. The summed E-state index contributed by atoms with van der Waals surface area (Å²) in [6.07, 6.45) is 0.597. The van der Waals surface area contributed by atoms with E-state index in [0.717, 1.165) is 6.07 Å². The van der Waals surface area contributed by atoms with Crippen LogP contribution in [0.5, 0.6) is 0 Å². The van der Waals surface area contributed by atoms with E-state index >= 15 is 0 Å². The molecule has 1 atom stereocenters. The summed E-state index contributed by atoms with van der Waals surface area (Å²) in [6.45, 7) is 2.06. The number of halogens is 1. The first-order valence-corrected chi connectivity index (χ1v) is 5.33. The molecule has 17 heavy (non-hydrogen) atoms. The van der Waals surface area contributed by atoms with E-state index in [-0.39, 0.29) is 29.6 Å². The van der Waals surface area contributed by atoms with Gasteiger partial charge in [0.2, 0.25) is 5.91 Å². The van der Waals surface area contributed by atoms with Gasteiger partial charge in [-0.25, -0.2) is 4.39 Å². The van der Waals surface area contributed by atoms with Crippen LogP contribution in [0.1, 0.15) is 18.9 Å². The number of nitrogens with zero attached hydrogens (tertiary/aromatic N) is 1. The number of rotatable bonds is 4. The van der Waals surface area contributed by atoms with Crippen LogP contribution >= 0.6 is 0 Å². The van der Waals surface area contributed by atoms with Gasteiger partial charge in [0.05, 0.1) is 23.2 Å². The predicted octanol–water partition coefficient (Wildman–Crippen LogP) is 1.62. The second-order valence-corrected chi connectivity index (χ2v) is 3.64. The Hall–Kier alpha value is -1.93. The van der Waals surface area contributed by atoms with Crippen molar-refractivity contribution in [3.63, 3.8) is 0 Å². The number of nitriles is 1. The van der Waals surface area contributed by atoms with Gasteiger partial charge in [0.15, 0.2) is 0 Å². The average molecular weight is 235 g/mol. The van der Waals surface area contributed by atoms with Gasteiger partial charge < -0.3 is 11.1 Å². The summed E-state index contributed by atoms with van der Waals surface area (Å²) in [7, 11) is 0. The third kappa shape index (κ3) is 3.26. The van der Waals surface area contributed by atoms with Gasteiger partial charge in [0.1, 0.15) is 5.82 Å². The molecule has 0 aliphatic rings. The largest absolute Gasteiger partial charge is 0.330 e. The lowest BCUT2D eigenvalue weighted by molar-refractivity contribution is -0.119. The summed E-state index contributed by atoms with van der Waals surface area (Å²) in [5.74, 6) is -1.26. The molecule has 3 N–H and O–H groups in total. The first-order valence-electron chi connectivity index (χ1n) is 5.33. The molecule has 1 amide bonds. The number of hydrogen-bond acceptors (Lipinski definition) is 3. The van der Waals surface area contributed by atoms with E-state index in [0.29, 0.717) is 6.42 Å². The zero-order valence-corrected chi connectivity index (χ0v) is 9.53. The zero-order valence-electron chi connectivity index (χ0n) is 9.53. The van der Waals surface area contributed by atoms with Crippen molar-refractivity contribution < 1.29 is 9.18 Å². The molecule has 0 heterocycles. The minimum absolute atomic E-state index is 0.0703. The van der Waals surface area contributed by atoms with E-state index in [1.807, 2.05) is 13.0 Å². The van der Waals surface area contributed by atoms with Crippen LogP contribution in [0.4, 0.5) is 10.1 Å². The second kappa shape index (κ2) is 5.97. The highest BCUT2D eigenvalue weighted by atomic mass is 19.1. The van der Waals surface area contributed by atoms with Crippen LogP contribution in [0.25, 0.3) is 0 Å². The lowest BCUT2D eigenvalue weighted by Gasteiger charge is -2.13. The molecule has 0 fully saturated rings. The van der Waals surface area contributed by atoms with Crippen LogP contribution in [-0.4, -0.2) is 12.5 Å². The highest BCUT2D eigenvalue weighted by molar-refractivity contribution is 5.92. The van der Waals surface area contributed by atoms with Crippen LogP contribution in [-0.2, 0) is 4.79 Å². The Labute approximate surface area is 99.2 Å². The molecule has 1 unspecified atom stereocenters. The van der Waals surface area contributed by atoms with Gasteiger partial charge in [-0.3, -0.25) is 4.79 Å². The van der Waals surface area contributed by atoms with Crippen molar-refractivity contribution in [1.82, 2.24) is 0 Å². The molecule has 0 aliphatic carbocycles. The Morgan fingerprint density at radius 3 is 2.82 bits per heavy atom. The molecule has 0 bridgehead atoms. The Balaban J connectivity index is 2.82. The van der Waals surface area contributed by atoms with Crippen LogP contribution in [0.15, 0.2) is 18.2 Å². The quantitative estimate of drug-likeness (QED) is 0.832. The highest BCUT2D eigenvalue weighted by Crippen LogP contribution is 2.16. The fraction of sp³-hybridized carbons (Fsp3) is 0.333. The molecule has 1 aromatic rings. The number of nitrogens with two attached hydrogens (primary N) is 1. The normalized spacial score (nSPS) is 11.6. The summed E-state index contributed by atoms with van der Waals surface area (Å²) in [6, 6.07) is 5.72. The summed E-state index contributed by atoms with van der Waals surface area (Å²) >= 11 is 0. The minimum atomic E-state index is -0.621. The van der Waals surface area contributed by atoms with E-state index in [2.05, 4.69) is 5.32 Å². The SMILES string of the molecule is CCC(CN)C(=O)Nc1ccc(C#N)cc1F. The molecule has 0 aliphatic heterocycles. The van der Waals surface area contributed by atoms with E-state index in [4.69, 9.17) is 11.0 Å². The number of amides is 1. The molecule has 0 spiro atoms. The zero-order chi connectivity index (χ0) is 12.8. The Kier molecular flexibility index (Phi) is 4.61. The molecule has 0 saturated carbocycles. The second-order valence-electron chi connectivity index (χ2n) is 3.64. The number of carbonyl (C=O) groups is 1. The van der Waals surface area contributed by atoms with Crippen molar-refractivity contribution in [2.45, 2.75) is 13.3 Å². The molecule has 0 radical (unpaired) electrons. The van der Waals surface area contributed by atoms with Gasteiger partial charge in [-0.05, 0) is 24.6 Å². The van der Waals surface area contributed by atoms with Crippen molar-refractivity contribution in [2.75, 3.05) is 11.9 Å². The molecule has 5 heteroatoms. The van der Waals surface area contributed by atoms with Crippen LogP contribution in [0.2, 0.25) is 0 Å². The van der Waals surface area contributed by atoms with Crippen LogP contribution in [0.3, 0.4) is 0 Å². The minimum Gasteiger partial charge on any atom is -0.330 e. The smallest absolute Gasteiger partial charge is 0.228 e. The fourth-order valence-electron chi connectivity index (χ4n) is 1.38. The molecular weight excluding hydrogens is 221 g/mol. The summed E-state index contributed by atoms with van der Waals surface area (Å²) in [5, 5.41) is 11.0. The van der Waals surface area contributed by atoms with Crippen molar-refractivity contribution in [3.8, 4) is 6.07 Å². The maximum Gasteiger partial charge on any atom is 0.228 e. The average Bonchev–Trinajstić information content (AvgIpc) is 2.33. The monoisotopic (exact) mass is 235 g/mol. The topological polar surface area (TPSA) is 78.9 Å². The maximum absolute atomic E-state index is 13.5. The van der Waals surface area contributed by atoms with Gasteiger partial charge in [-0.1, -0.05) is 6.92 Å².